The minimum absolute atomic E-state index is 0.0890. The molecule has 30 heavy (non-hydrogen) atoms. The highest BCUT2D eigenvalue weighted by atomic mass is 16.7. The first-order valence-corrected chi connectivity index (χ1v) is 9.60. The summed E-state index contributed by atoms with van der Waals surface area (Å²) in [6, 6.07) is 9.07. The molecule has 7 N–H and O–H groups in total. The standard InChI is InChI=1S/C19H28O11/c20-6-10-12(21)14(23)16(25)19(29-10)28-8-11-13(22)15(24)17(26)18(30-11)27-7-9-4-2-1-3-5-9/h1-5,10-26H,6-8H2/t10-,11-,12+,13+,14-,15-,16-,17-,18+,19+/m0/s1. The van der Waals surface area contributed by atoms with Crippen LogP contribution in [0.3, 0.4) is 0 Å². The van der Waals surface area contributed by atoms with Gasteiger partial charge < -0.3 is 54.7 Å². The molecule has 1 aromatic carbocycles. The number of hydrogen-bond acceptors (Lipinski definition) is 11. The lowest BCUT2D eigenvalue weighted by molar-refractivity contribution is -0.332. The van der Waals surface area contributed by atoms with Gasteiger partial charge in [-0.1, -0.05) is 30.3 Å². The van der Waals surface area contributed by atoms with Crippen LogP contribution in [0, 0.1) is 0 Å². The van der Waals surface area contributed by atoms with Crippen molar-refractivity contribution in [1.82, 2.24) is 0 Å². The van der Waals surface area contributed by atoms with Crippen molar-refractivity contribution in [3.8, 4) is 0 Å². The molecule has 170 valence electrons. The number of rotatable bonds is 7. The molecule has 0 unspecified atom stereocenters. The molecule has 10 atom stereocenters. The summed E-state index contributed by atoms with van der Waals surface area (Å²) in [5.41, 5.74) is 0.808. The number of hydrogen-bond donors (Lipinski definition) is 7. The van der Waals surface area contributed by atoms with Crippen molar-refractivity contribution in [1.29, 1.82) is 0 Å². The van der Waals surface area contributed by atoms with E-state index >= 15 is 0 Å². The van der Waals surface area contributed by atoms with Crippen LogP contribution in [0.5, 0.6) is 0 Å². The van der Waals surface area contributed by atoms with Crippen LogP contribution >= 0.6 is 0 Å². The second-order valence-corrected chi connectivity index (χ2v) is 7.34. The zero-order valence-corrected chi connectivity index (χ0v) is 16.0. The predicted molar refractivity (Wildman–Crippen MR) is 97.6 cm³/mol. The fourth-order valence-corrected chi connectivity index (χ4v) is 3.34. The van der Waals surface area contributed by atoms with Gasteiger partial charge in [0.15, 0.2) is 12.6 Å². The normalized spacial score (nSPS) is 42.2. The van der Waals surface area contributed by atoms with Gasteiger partial charge in [0, 0.05) is 0 Å². The fraction of sp³-hybridized carbons (Fsp3) is 0.684. The van der Waals surface area contributed by atoms with Crippen molar-refractivity contribution >= 4 is 0 Å². The number of benzene rings is 1. The quantitative estimate of drug-likeness (QED) is 0.231. The molecule has 0 bridgehead atoms. The van der Waals surface area contributed by atoms with Crippen LogP contribution in [0.4, 0.5) is 0 Å². The Morgan fingerprint density at radius 1 is 0.667 bits per heavy atom. The van der Waals surface area contributed by atoms with E-state index in [4.69, 9.17) is 18.9 Å². The van der Waals surface area contributed by atoms with Crippen LogP contribution < -0.4 is 0 Å². The summed E-state index contributed by atoms with van der Waals surface area (Å²) in [6.45, 7) is -0.932. The Hall–Kier alpha value is -1.22. The summed E-state index contributed by atoms with van der Waals surface area (Å²) in [5, 5.41) is 69.3. The van der Waals surface area contributed by atoms with Crippen LogP contribution in [-0.2, 0) is 25.6 Å². The minimum atomic E-state index is -1.62. The molecule has 11 heteroatoms. The van der Waals surface area contributed by atoms with E-state index in [1.165, 1.54) is 0 Å². The SMILES string of the molecule is OC[C@@H]1O[C@@H](OC[C@@H]2O[C@@H](OCc3ccccc3)[C@@H](O)[C@@H](O)[C@@H]2O)[C@@H](O)[C@@H](O)[C@@H]1O. The van der Waals surface area contributed by atoms with Crippen molar-refractivity contribution in [2.45, 2.75) is 68.0 Å². The van der Waals surface area contributed by atoms with E-state index in [0.29, 0.717) is 0 Å². The average molecular weight is 432 g/mol. The molecule has 0 aliphatic carbocycles. The molecule has 2 fully saturated rings. The zero-order valence-electron chi connectivity index (χ0n) is 16.0. The van der Waals surface area contributed by atoms with Crippen LogP contribution in [0.15, 0.2) is 30.3 Å². The van der Waals surface area contributed by atoms with Crippen molar-refractivity contribution in [2.75, 3.05) is 13.2 Å². The highest BCUT2D eigenvalue weighted by molar-refractivity contribution is 5.13. The lowest BCUT2D eigenvalue weighted by Gasteiger charge is -2.42. The predicted octanol–water partition coefficient (Wildman–Crippen LogP) is -3.17. The molecule has 2 saturated heterocycles. The van der Waals surface area contributed by atoms with Gasteiger partial charge in [-0.25, -0.2) is 0 Å². The molecule has 3 rings (SSSR count). The molecule has 0 radical (unpaired) electrons. The van der Waals surface area contributed by atoms with E-state index in [2.05, 4.69) is 0 Å². The van der Waals surface area contributed by atoms with E-state index in [1.807, 2.05) is 18.2 Å². The van der Waals surface area contributed by atoms with E-state index in [0.717, 1.165) is 5.56 Å². The minimum Gasteiger partial charge on any atom is -0.394 e. The Morgan fingerprint density at radius 3 is 1.80 bits per heavy atom. The maximum absolute atomic E-state index is 10.2. The maximum atomic E-state index is 10.2. The Balaban J connectivity index is 1.58. The van der Waals surface area contributed by atoms with Gasteiger partial charge in [-0.05, 0) is 5.56 Å². The summed E-state index contributed by atoms with van der Waals surface area (Å²) in [5.74, 6) is 0. The lowest BCUT2D eigenvalue weighted by atomic mass is 9.98. The first kappa shape index (κ1) is 23.4. The third-order valence-corrected chi connectivity index (χ3v) is 5.20. The molecule has 1 aromatic rings. The van der Waals surface area contributed by atoms with Crippen LogP contribution in [0.25, 0.3) is 0 Å². The van der Waals surface area contributed by atoms with Crippen LogP contribution in [0.2, 0.25) is 0 Å². The smallest absolute Gasteiger partial charge is 0.187 e. The Kier molecular flexibility index (Phi) is 8.12. The molecular formula is C19H28O11. The van der Waals surface area contributed by atoms with Gasteiger partial charge in [0.25, 0.3) is 0 Å². The molecule has 0 spiro atoms. The molecule has 2 heterocycles. The van der Waals surface area contributed by atoms with Crippen molar-refractivity contribution in [3.05, 3.63) is 35.9 Å². The van der Waals surface area contributed by atoms with E-state index in [-0.39, 0.29) is 6.61 Å². The third-order valence-electron chi connectivity index (χ3n) is 5.20. The molecule has 2 aliphatic rings. The third kappa shape index (κ3) is 5.15. The van der Waals surface area contributed by atoms with E-state index in [1.54, 1.807) is 12.1 Å². The van der Waals surface area contributed by atoms with Gasteiger partial charge in [0.05, 0.1) is 19.8 Å². The summed E-state index contributed by atoms with van der Waals surface area (Å²) < 4.78 is 21.6. The summed E-state index contributed by atoms with van der Waals surface area (Å²) in [6.07, 6.45) is -14.4. The maximum Gasteiger partial charge on any atom is 0.187 e. The summed E-state index contributed by atoms with van der Waals surface area (Å²) in [4.78, 5) is 0. The van der Waals surface area contributed by atoms with Crippen LogP contribution in [0.1, 0.15) is 5.56 Å². The molecule has 11 nitrogen and oxygen atoms in total. The fourth-order valence-electron chi connectivity index (χ4n) is 3.34. The molecular weight excluding hydrogens is 404 g/mol. The van der Waals surface area contributed by atoms with E-state index in [9.17, 15) is 35.7 Å². The van der Waals surface area contributed by atoms with E-state index < -0.39 is 74.6 Å². The highest BCUT2D eigenvalue weighted by Gasteiger charge is 2.47. The van der Waals surface area contributed by atoms with Crippen molar-refractivity contribution in [2.24, 2.45) is 0 Å². The van der Waals surface area contributed by atoms with Gasteiger partial charge in [-0.3, -0.25) is 0 Å². The van der Waals surface area contributed by atoms with Gasteiger partial charge in [0.2, 0.25) is 0 Å². The second kappa shape index (κ2) is 10.4. The summed E-state index contributed by atoms with van der Waals surface area (Å²) in [7, 11) is 0. The van der Waals surface area contributed by atoms with Gasteiger partial charge in [-0.2, -0.15) is 0 Å². The van der Waals surface area contributed by atoms with Crippen LogP contribution in [-0.4, -0.2) is 110 Å². The second-order valence-electron chi connectivity index (χ2n) is 7.34. The molecule has 0 aromatic heterocycles. The molecule has 2 aliphatic heterocycles. The number of ether oxygens (including phenoxy) is 4. The highest BCUT2D eigenvalue weighted by Crippen LogP contribution is 2.26. The van der Waals surface area contributed by atoms with Crippen molar-refractivity contribution < 1.29 is 54.7 Å². The monoisotopic (exact) mass is 432 g/mol. The Morgan fingerprint density at radius 2 is 1.20 bits per heavy atom. The number of aliphatic hydroxyl groups excluding tert-OH is 7. The Labute approximate surface area is 172 Å². The zero-order chi connectivity index (χ0) is 21.8. The van der Waals surface area contributed by atoms with Gasteiger partial charge in [-0.15, -0.1) is 0 Å². The topological polar surface area (TPSA) is 179 Å². The summed E-state index contributed by atoms with van der Waals surface area (Å²) >= 11 is 0. The van der Waals surface area contributed by atoms with Gasteiger partial charge in [0.1, 0.15) is 48.8 Å². The van der Waals surface area contributed by atoms with Gasteiger partial charge >= 0.3 is 0 Å². The molecule has 0 amide bonds. The molecule has 0 saturated carbocycles. The first-order chi connectivity index (χ1) is 14.3. The largest absolute Gasteiger partial charge is 0.394 e. The first-order valence-electron chi connectivity index (χ1n) is 9.60. The number of aliphatic hydroxyl groups is 7. The van der Waals surface area contributed by atoms with Crippen molar-refractivity contribution in [3.63, 3.8) is 0 Å². The lowest BCUT2D eigenvalue weighted by Crippen LogP contribution is -2.61. The average Bonchev–Trinajstić information content (AvgIpc) is 2.76. The Bertz CT molecular complexity index is 645.